The van der Waals surface area contributed by atoms with E-state index in [1.165, 1.54) is 47.9 Å². The first kappa shape index (κ1) is 15.6. The van der Waals surface area contributed by atoms with E-state index in [0.29, 0.717) is 12.3 Å². The predicted molar refractivity (Wildman–Crippen MR) is 100 cm³/mol. The molecule has 0 bridgehead atoms. The second-order valence-electron chi connectivity index (χ2n) is 7.75. The second-order valence-corrected chi connectivity index (χ2v) is 8.83. The molecule has 6 heteroatoms. The van der Waals surface area contributed by atoms with Gasteiger partial charge in [0.15, 0.2) is 0 Å². The van der Waals surface area contributed by atoms with Crippen LogP contribution < -0.4 is 5.32 Å². The Balaban J connectivity index is 1.55. The highest BCUT2D eigenvalue weighted by Crippen LogP contribution is 2.43. The SMILES string of the molecule is CN1CCC(Nc2nc(C3CC3)nc3sc4c(c23)CCCC4)CC1=O. The molecule has 0 aromatic carbocycles. The molecule has 1 amide bonds. The molecule has 1 atom stereocenters. The van der Waals surface area contributed by atoms with E-state index in [1.54, 1.807) is 0 Å². The molecule has 132 valence electrons. The minimum Gasteiger partial charge on any atom is -0.366 e. The van der Waals surface area contributed by atoms with Crippen LogP contribution in [-0.4, -0.2) is 40.4 Å². The number of aromatic nitrogens is 2. The van der Waals surface area contributed by atoms with Crippen molar-refractivity contribution in [1.29, 1.82) is 0 Å². The van der Waals surface area contributed by atoms with Crippen molar-refractivity contribution in [3.05, 3.63) is 16.3 Å². The number of rotatable bonds is 3. The van der Waals surface area contributed by atoms with Crippen molar-refractivity contribution < 1.29 is 4.79 Å². The van der Waals surface area contributed by atoms with Crippen molar-refractivity contribution in [3.63, 3.8) is 0 Å². The molecular formula is C19H24N4OS. The summed E-state index contributed by atoms with van der Waals surface area (Å²) in [7, 11) is 1.89. The van der Waals surface area contributed by atoms with Crippen LogP contribution in [0.15, 0.2) is 0 Å². The number of amides is 1. The van der Waals surface area contributed by atoms with Gasteiger partial charge >= 0.3 is 0 Å². The van der Waals surface area contributed by atoms with Gasteiger partial charge in [-0.2, -0.15) is 0 Å². The van der Waals surface area contributed by atoms with Gasteiger partial charge in [0.05, 0.1) is 5.39 Å². The number of piperidine rings is 1. The van der Waals surface area contributed by atoms with Gasteiger partial charge in [-0.3, -0.25) is 4.79 Å². The lowest BCUT2D eigenvalue weighted by Gasteiger charge is -2.30. The lowest BCUT2D eigenvalue weighted by Crippen LogP contribution is -2.41. The number of nitrogens with zero attached hydrogens (tertiary/aromatic N) is 3. The van der Waals surface area contributed by atoms with Crippen molar-refractivity contribution in [2.24, 2.45) is 0 Å². The summed E-state index contributed by atoms with van der Waals surface area (Å²) >= 11 is 1.87. The van der Waals surface area contributed by atoms with Gasteiger partial charge in [-0.15, -0.1) is 11.3 Å². The van der Waals surface area contributed by atoms with E-state index < -0.39 is 0 Å². The molecule has 2 aliphatic carbocycles. The lowest BCUT2D eigenvalue weighted by molar-refractivity contribution is -0.132. The van der Waals surface area contributed by atoms with E-state index in [1.807, 2.05) is 23.3 Å². The van der Waals surface area contributed by atoms with Crippen molar-refractivity contribution in [2.45, 2.75) is 63.3 Å². The van der Waals surface area contributed by atoms with Crippen molar-refractivity contribution in [1.82, 2.24) is 14.9 Å². The number of aryl methyl sites for hydroxylation is 2. The molecule has 1 saturated carbocycles. The van der Waals surface area contributed by atoms with Crippen LogP contribution in [0.5, 0.6) is 0 Å². The first-order chi connectivity index (χ1) is 12.2. The Hall–Kier alpha value is -1.69. The fourth-order valence-corrected chi connectivity index (χ4v) is 5.33. The molecule has 3 aliphatic rings. The maximum Gasteiger partial charge on any atom is 0.224 e. The summed E-state index contributed by atoms with van der Waals surface area (Å²) in [5.74, 6) is 2.77. The van der Waals surface area contributed by atoms with Crippen molar-refractivity contribution in [2.75, 3.05) is 18.9 Å². The summed E-state index contributed by atoms with van der Waals surface area (Å²) in [4.78, 5) is 26.4. The highest BCUT2D eigenvalue weighted by atomic mass is 32.1. The Morgan fingerprint density at radius 3 is 2.80 bits per heavy atom. The molecule has 2 fully saturated rings. The predicted octanol–water partition coefficient (Wildman–Crippen LogP) is 3.48. The molecule has 0 spiro atoms. The minimum absolute atomic E-state index is 0.188. The van der Waals surface area contributed by atoms with Crippen LogP contribution in [0.2, 0.25) is 0 Å². The Bertz CT molecular complexity index is 842. The molecular weight excluding hydrogens is 332 g/mol. The van der Waals surface area contributed by atoms with Crippen LogP contribution in [0.25, 0.3) is 10.2 Å². The summed E-state index contributed by atoms with van der Waals surface area (Å²) in [5.41, 5.74) is 1.47. The van der Waals surface area contributed by atoms with Gasteiger partial charge in [0.25, 0.3) is 0 Å². The quantitative estimate of drug-likeness (QED) is 0.915. The van der Waals surface area contributed by atoms with E-state index in [-0.39, 0.29) is 11.9 Å². The smallest absolute Gasteiger partial charge is 0.224 e. The maximum absolute atomic E-state index is 12.1. The summed E-state index contributed by atoms with van der Waals surface area (Å²) in [6.07, 6.45) is 8.84. The maximum atomic E-state index is 12.1. The van der Waals surface area contributed by atoms with Gasteiger partial charge in [0.2, 0.25) is 5.91 Å². The number of likely N-dealkylation sites (tertiary alicyclic amines) is 1. The number of hydrogen-bond acceptors (Lipinski definition) is 5. The van der Waals surface area contributed by atoms with Gasteiger partial charge in [0, 0.05) is 36.9 Å². The highest BCUT2D eigenvalue weighted by Gasteiger charge is 2.31. The van der Waals surface area contributed by atoms with Crippen LogP contribution in [0, 0.1) is 0 Å². The molecule has 1 saturated heterocycles. The average molecular weight is 356 g/mol. The highest BCUT2D eigenvalue weighted by molar-refractivity contribution is 7.19. The molecule has 2 aromatic heterocycles. The molecule has 5 nitrogen and oxygen atoms in total. The number of thiophene rings is 1. The van der Waals surface area contributed by atoms with Gasteiger partial charge < -0.3 is 10.2 Å². The zero-order valence-corrected chi connectivity index (χ0v) is 15.5. The van der Waals surface area contributed by atoms with Crippen LogP contribution in [0.4, 0.5) is 5.82 Å². The Morgan fingerprint density at radius 1 is 1.16 bits per heavy atom. The summed E-state index contributed by atoms with van der Waals surface area (Å²) in [5, 5.41) is 4.89. The zero-order valence-electron chi connectivity index (χ0n) is 14.7. The van der Waals surface area contributed by atoms with Gasteiger partial charge in [-0.25, -0.2) is 9.97 Å². The van der Waals surface area contributed by atoms with Crippen LogP contribution in [0.3, 0.4) is 0 Å². The molecule has 1 N–H and O–H groups in total. The molecule has 2 aromatic rings. The summed E-state index contributed by atoms with van der Waals surface area (Å²) in [6, 6.07) is 0.188. The van der Waals surface area contributed by atoms with Crippen molar-refractivity contribution in [3.8, 4) is 0 Å². The topological polar surface area (TPSA) is 58.1 Å². The normalized spacial score (nSPS) is 23.8. The first-order valence-corrected chi connectivity index (χ1v) is 10.3. The molecule has 0 radical (unpaired) electrons. The molecule has 5 rings (SSSR count). The molecule has 3 heterocycles. The number of carbonyl (C=O) groups is 1. The number of hydrogen-bond donors (Lipinski definition) is 1. The monoisotopic (exact) mass is 356 g/mol. The first-order valence-electron chi connectivity index (χ1n) is 9.51. The standard InChI is InChI=1S/C19H24N4OS/c1-23-9-8-12(10-15(23)24)20-18-16-13-4-2-3-5-14(13)25-19(16)22-17(21-18)11-6-7-11/h11-12H,2-10H2,1H3,(H,20,21,22). The Kier molecular flexibility index (Phi) is 3.69. The number of fused-ring (bicyclic) bond motifs is 3. The lowest BCUT2D eigenvalue weighted by atomic mass is 9.96. The molecule has 1 aliphatic heterocycles. The largest absolute Gasteiger partial charge is 0.366 e. The number of nitrogens with one attached hydrogen (secondary N) is 1. The Labute approximate surface area is 151 Å². The average Bonchev–Trinajstić information content (AvgIpc) is 3.38. The molecule has 25 heavy (non-hydrogen) atoms. The number of carbonyl (C=O) groups excluding carboxylic acids is 1. The zero-order chi connectivity index (χ0) is 17.0. The van der Waals surface area contributed by atoms with Gasteiger partial charge in [-0.1, -0.05) is 0 Å². The van der Waals surface area contributed by atoms with Crippen LogP contribution in [0.1, 0.15) is 60.7 Å². The third-order valence-electron chi connectivity index (χ3n) is 5.78. The van der Waals surface area contributed by atoms with Gasteiger partial charge in [-0.05, 0) is 50.5 Å². The summed E-state index contributed by atoms with van der Waals surface area (Å²) in [6.45, 7) is 0.821. The van der Waals surface area contributed by atoms with E-state index in [2.05, 4.69) is 5.32 Å². The summed E-state index contributed by atoms with van der Waals surface area (Å²) < 4.78 is 0. The van der Waals surface area contributed by atoms with E-state index in [0.717, 1.165) is 35.9 Å². The second kappa shape index (κ2) is 5.94. The third kappa shape index (κ3) is 2.80. The Morgan fingerprint density at radius 2 is 2.00 bits per heavy atom. The third-order valence-corrected chi connectivity index (χ3v) is 6.96. The minimum atomic E-state index is 0.188. The van der Waals surface area contributed by atoms with E-state index in [4.69, 9.17) is 9.97 Å². The fourth-order valence-electron chi connectivity index (χ4n) is 4.06. The van der Waals surface area contributed by atoms with E-state index in [9.17, 15) is 4.79 Å². The van der Waals surface area contributed by atoms with Crippen LogP contribution in [-0.2, 0) is 17.6 Å². The number of anilines is 1. The fraction of sp³-hybridized carbons (Fsp3) is 0.632. The van der Waals surface area contributed by atoms with E-state index >= 15 is 0 Å². The van der Waals surface area contributed by atoms with Crippen molar-refractivity contribution >= 4 is 33.3 Å². The van der Waals surface area contributed by atoms with Crippen LogP contribution >= 0.6 is 11.3 Å². The van der Waals surface area contributed by atoms with Gasteiger partial charge in [0.1, 0.15) is 16.5 Å². The molecule has 1 unspecified atom stereocenters.